The van der Waals surface area contributed by atoms with Crippen molar-refractivity contribution in [1.29, 1.82) is 0 Å². The highest BCUT2D eigenvalue weighted by atomic mass is 32.2. The van der Waals surface area contributed by atoms with Gasteiger partial charge in [-0.2, -0.15) is 0 Å². The Balaban J connectivity index is 1.61. The van der Waals surface area contributed by atoms with Crippen LogP contribution >= 0.6 is 11.8 Å². The number of Topliss-reactive ketones (excluding diaryl/α,β-unsaturated/α-hetero) is 1. The number of carbonyl (C=O) groups excluding carboxylic acids is 1. The molecule has 0 radical (unpaired) electrons. The first-order chi connectivity index (χ1) is 14.6. The number of hydrogen-bond acceptors (Lipinski definition) is 5. The maximum Gasteiger partial charge on any atom is 0.192 e. The van der Waals surface area contributed by atoms with Crippen molar-refractivity contribution in [1.82, 2.24) is 19.7 Å². The van der Waals surface area contributed by atoms with E-state index in [0.29, 0.717) is 12.3 Å². The number of aromatic nitrogens is 4. The normalized spacial score (nSPS) is 10.9. The van der Waals surface area contributed by atoms with Gasteiger partial charge in [0.1, 0.15) is 0 Å². The van der Waals surface area contributed by atoms with Gasteiger partial charge in [-0.05, 0) is 37.1 Å². The average Bonchev–Trinajstić information content (AvgIpc) is 3.16. The Kier molecular flexibility index (Phi) is 6.05. The molecule has 0 aliphatic heterocycles. The lowest BCUT2D eigenvalue weighted by Crippen LogP contribution is -2.08. The summed E-state index contributed by atoms with van der Waals surface area (Å²) in [6.45, 7) is 4.63. The maximum atomic E-state index is 12.8. The molecule has 0 unspecified atom stereocenters. The van der Waals surface area contributed by atoms with Crippen molar-refractivity contribution >= 4 is 17.5 Å². The molecule has 30 heavy (non-hydrogen) atoms. The summed E-state index contributed by atoms with van der Waals surface area (Å²) in [6, 6.07) is 19.9. The van der Waals surface area contributed by atoms with Gasteiger partial charge in [0.15, 0.2) is 16.8 Å². The highest BCUT2D eigenvalue weighted by Gasteiger charge is 2.17. The highest BCUT2D eigenvalue weighted by Crippen LogP contribution is 2.26. The van der Waals surface area contributed by atoms with E-state index in [0.717, 1.165) is 38.8 Å². The fraction of sp³-hybridized carbons (Fsp3) is 0.167. The summed E-state index contributed by atoms with van der Waals surface area (Å²) >= 11 is 1.42. The molecule has 4 aromatic rings. The zero-order chi connectivity index (χ0) is 20.9. The fourth-order valence-corrected chi connectivity index (χ4v) is 4.17. The summed E-state index contributed by atoms with van der Waals surface area (Å²) in [6.07, 6.45) is 3.51. The number of nitrogens with zero attached hydrogens (tertiary/aromatic N) is 4. The SMILES string of the molecule is Cc1ccc(C(=O)CSc2nnc(-c3cccnc3)n2Cc2ccccc2)c(C)c1. The van der Waals surface area contributed by atoms with Gasteiger partial charge in [-0.3, -0.25) is 14.3 Å². The quantitative estimate of drug-likeness (QED) is 0.315. The van der Waals surface area contributed by atoms with Crippen LogP contribution in [0.25, 0.3) is 11.4 Å². The number of benzene rings is 2. The molecule has 2 heterocycles. The maximum absolute atomic E-state index is 12.8. The third kappa shape index (κ3) is 4.49. The fourth-order valence-electron chi connectivity index (χ4n) is 3.35. The van der Waals surface area contributed by atoms with Crippen molar-refractivity contribution in [3.05, 3.63) is 95.3 Å². The van der Waals surface area contributed by atoms with Crippen molar-refractivity contribution in [2.45, 2.75) is 25.5 Å². The molecular formula is C24H22N4OS. The Labute approximate surface area is 180 Å². The van der Waals surface area contributed by atoms with E-state index in [2.05, 4.69) is 27.3 Å². The van der Waals surface area contributed by atoms with Crippen LogP contribution in [0.4, 0.5) is 0 Å². The van der Waals surface area contributed by atoms with E-state index < -0.39 is 0 Å². The van der Waals surface area contributed by atoms with Gasteiger partial charge >= 0.3 is 0 Å². The second-order valence-electron chi connectivity index (χ2n) is 7.15. The van der Waals surface area contributed by atoms with Crippen LogP contribution in [0.15, 0.2) is 78.2 Å². The highest BCUT2D eigenvalue weighted by molar-refractivity contribution is 7.99. The minimum Gasteiger partial charge on any atom is -0.297 e. The van der Waals surface area contributed by atoms with Crippen molar-refractivity contribution in [3.8, 4) is 11.4 Å². The number of thioether (sulfide) groups is 1. The summed E-state index contributed by atoms with van der Waals surface area (Å²) in [5, 5.41) is 9.51. The predicted octanol–water partition coefficient (Wildman–Crippen LogP) is 4.98. The van der Waals surface area contributed by atoms with Gasteiger partial charge < -0.3 is 0 Å². The van der Waals surface area contributed by atoms with E-state index in [1.165, 1.54) is 11.8 Å². The van der Waals surface area contributed by atoms with Crippen molar-refractivity contribution in [2.75, 3.05) is 5.75 Å². The van der Waals surface area contributed by atoms with Crippen LogP contribution in [-0.4, -0.2) is 31.3 Å². The lowest BCUT2D eigenvalue weighted by atomic mass is 10.0. The second-order valence-corrected chi connectivity index (χ2v) is 8.09. The third-order valence-corrected chi connectivity index (χ3v) is 5.80. The second kappa shape index (κ2) is 9.05. The van der Waals surface area contributed by atoms with Crippen LogP contribution in [0.5, 0.6) is 0 Å². The average molecular weight is 415 g/mol. The van der Waals surface area contributed by atoms with E-state index >= 15 is 0 Å². The number of rotatable bonds is 7. The molecule has 2 aromatic heterocycles. The van der Waals surface area contributed by atoms with Gasteiger partial charge in [-0.25, -0.2) is 0 Å². The number of ketones is 1. The van der Waals surface area contributed by atoms with Gasteiger partial charge in [0.2, 0.25) is 0 Å². The van der Waals surface area contributed by atoms with Crippen LogP contribution in [0.3, 0.4) is 0 Å². The Bertz CT molecular complexity index is 1160. The first-order valence-corrected chi connectivity index (χ1v) is 10.7. The first kappa shape index (κ1) is 20.0. The summed E-state index contributed by atoms with van der Waals surface area (Å²) < 4.78 is 2.05. The Hall–Kier alpha value is -3.25. The monoisotopic (exact) mass is 414 g/mol. The van der Waals surface area contributed by atoms with Crippen LogP contribution in [0.2, 0.25) is 0 Å². The van der Waals surface area contributed by atoms with Gasteiger partial charge in [0, 0.05) is 23.5 Å². The molecule has 0 spiro atoms. The van der Waals surface area contributed by atoms with Crippen LogP contribution in [-0.2, 0) is 6.54 Å². The van der Waals surface area contributed by atoms with Gasteiger partial charge in [0.05, 0.1) is 12.3 Å². The van der Waals surface area contributed by atoms with Crippen molar-refractivity contribution in [3.63, 3.8) is 0 Å². The summed E-state index contributed by atoms with van der Waals surface area (Å²) in [7, 11) is 0. The number of carbonyl (C=O) groups is 1. The topological polar surface area (TPSA) is 60.7 Å². The largest absolute Gasteiger partial charge is 0.297 e. The smallest absolute Gasteiger partial charge is 0.192 e. The predicted molar refractivity (Wildman–Crippen MR) is 120 cm³/mol. The third-order valence-electron chi connectivity index (χ3n) is 4.83. The van der Waals surface area contributed by atoms with E-state index in [9.17, 15) is 4.79 Å². The van der Waals surface area contributed by atoms with Crippen LogP contribution in [0.1, 0.15) is 27.0 Å². The zero-order valence-corrected chi connectivity index (χ0v) is 17.8. The standard InChI is InChI=1S/C24H22N4OS/c1-17-10-11-21(18(2)13-17)22(29)16-30-24-27-26-23(20-9-6-12-25-14-20)28(24)15-19-7-4-3-5-8-19/h3-14H,15-16H2,1-2H3. The Morgan fingerprint density at radius 3 is 2.57 bits per heavy atom. The molecule has 0 bridgehead atoms. The molecule has 2 aromatic carbocycles. The first-order valence-electron chi connectivity index (χ1n) is 9.72. The molecule has 0 saturated heterocycles. The lowest BCUT2D eigenvalue weighted by molar-refractivity contribution is 0.102. The molecule has 6 heteroatoms. The molecule has 0 aliphatic rings. The van der Waals surface area contributed by atoms with E-state index in [1.54, 1.807) is 12.4 Å². The van der Waals surface area contributed by atoms with Gasteiger partial charge in [-0.15, -0.1) is 10.2 Å². The lowest BCUT2D eigenvalue weighted by Gasteiger charge is -2.11. The van der Waals surface area contributed by atoms with E-state index in [1.807, 2.05) is 66.9 Å². The van der Waals surface area contributed by atoms with Crippen LogP contribution in [0, 0.1) is 13.8 Å². The molecule has 0 fully saturated rings. The number of hydrogen-bond donors (Lipinski definition) is 0. The van der Waals surface area contributed by atoms with Gasteiger partial charge in [0.25, 0.3) is 0 Å². The minimum absolute atomic E-state index is 0.0923. The molecule has 4 rings (SSSR count). The summed E-state index contributed by atoms with van der Waals surface area (Å²) in [4.78, 5) is 17.0. The number of aryl methyl sites for hydroxylation is 2. The molecule has 0 atom stereocenters. The van der Waals surface area contributed by atoms with Crippen molar-refractivity contribution in [2.24, 2.45) is 0 Å². The summed E-state index contributed by atoms with van der Waals surface area (Å²) in [5.74, 6) is 1.15. The molecule has 5 nitrogen and oxygen atoms in total. The molecule has 0 aliphatic carbocycles. The van der Waals surface area contributed by atoms with Crippen LogP contribution < -0.4 is 0 Å². The molecule has 0 saturated carbocycles. The van der Waals surface area contributed by atoms with E-state index in [4.69, 9.17) is 0 Å². The minimum atomic E-state index is 0.0923. The molecule has 0 amide bonds. The molecule has 150 valence electrons. The Morgan fingerprint density at radius 1 is 1.00 bits per heavy atom. The summed E-state index contributed by atoms with van der Waals surface area (Å²) in [5.41, 5.74) is 4.95. The van der Waals surface area contributed by atoms with E-state index in [-0.39, 0.29) is 5.78 Å². The van der Waals surface area contributed by atoms with Crippen molar-refractivity contribution < 1.29 is 4.79 Å². The molecule has 0 N–H and O–H groups in total. The zero-order valence-electron chi connectivity index (χ0n) is 16.9. The Morgan fingerprint density at radius 2 is 1.83 bits per heavy atom. The molecular weight excluding hydrogens is 392 g/mol. The number of pyridine rings is 1. The van der Waals surface area contributed by atoms with Gasteiger partial charge in [-0.1, -0.05) is 65.9 Å².